The Morgan fingerprint density at radius 3 is 2.35 bits per heavy atom. The van der Waals surface area contributed by atoms with Crippen LogP contribution in [-0.4, -0.2) is 39.5 Å². The molecule has 1 aromatic rings. The Morgan fingerprint density at radius 2 is 1.81 bits per heavy atom. The zero-order valence-corrected chi connectivity index (χ0v) is 16.0. The molecule has 1 aliphatic heterocycles. The number of carbonyl (C=O) groups is 1. The molecule has 0 unspecified atom stereocenters. The minimum atomic E-state index is -3.25. The minimum Gasteiger partial charge on any atom is -0.462 e. The lowest BCUT2D eigenvalue weighted by Crippen LogP contribution is -2.28. The van der Waals surface area contributed by atoms with Crippen LogP contribution in [-0.2, 0) is 24.1 Å². The second-order valence-electron chi connectivity index (χ2n) is 6.87. The van der Waals surface area contributed by atoms with Crippen LogP contribution in [0.1, 0.15) is 44.6 Å². The molecule has 1 saturated carbocycles. The number of hydrogen-bond donors (Lipinski definition) is 0. The normalized spacial score (nSPS) is 19.8. The molecule has 0 bridgehead atoms. The molecule has 2 fully saturated rings. The van der Waals surface area contributed by atoms with E-state index in [0.29, 0.717) is 35.9 Å². The van der Waals surface area contributed by atoms with E-state index < -0.39 is 9.84 Å². The van der Waals surface area contributed by atoms with Crippen molar-refractivity contribution < 1.29 is 22.7 Å². The van der Waals surface area contributed by atoms with E-state index in [0.717, 1.165) is 32.1 Å². The highest BCUT2D eigenvalue weighted by Gasteiger charge is 2.32. The van der Waals surface area contributed by atoms with Gasteiger partial charge in [-0.25, -0.2) is 13.2 Å². The summed E-state index contributed by atoms with van der Waals surface area (Å²) in [5.41, 5.74) is 1.20. The maximum Gasteiger partial charge on any atom is 0.338 e. The third kappa shape index (κ3) is 4.18. The lowest BCUT2D eigenvalue weighted by molar-refractivity contribution is -0.136. The zero-order valence-electron chi connectivity index (χ0n) is 15.1. The maximum absolute atomic E-state index is 12.5. The first-order valence-corrected chi connectivity index (χ1v) is 10.9. The number of hydrogen-bond acceptors (Lipinski definition) is 5. The van der Waals surface area contributed by atoms with Crippen molar-refractivity contribution in [1.29, 1.82) is 0 Å². The van der Waals surface area contributed by atoms with E-state index in [1.807, 2.05) is 6.08 Å². The van der Waals surface area contributed by atoms with Crippen molar-refractivity contribution in [3.63, 3.8) is 0 Å². The van der Waals surface area contributed by atoms with Crippen LogP contribution in [0, 0.1) is 5.92 Å². The quantitative estimate of drug-likeness (QED) is 0.561. The van der Waals surface area contributed by atoms with Gasteiger partial charge in [0.05, 0.1) is 22.3 Å². The number of esters is 1. The van der Waals surface area contributed by atoms with Gasteiger partial charge in [0.15, 0.2) is 9.84 Å². The Labute approximate surface area is 155 Å². The molecule has 0 atom stereocenters. The number of rotatable bonds is 6. The van der Waals surface area contributed by atoms with E-state index in [4.69, 9.17) is 9.47 Å². The highest BCUT2D eigenvalue weighted by Crippen LogP contribution is 2.32. The van der Waals surface area contributed by atoms with Crippen LogP contribution in [0.3, 0.4) is 0 Å². The number of allylic oxidation sites excluding steroid dienone is 1. The van der Waals surface area contributed by atoms with E-state index in [-0.39, 0.29) is 17.1 Å². The van der Waals surface area contributed by atoms with Gasteiger partial charge in [-0.05, 0) is 56.2 Å². The molecule has 5 nitrogen and oxygen atoms in total. The lowest BCUT2D eigenvalue weighted by Gasteiger charge is -2.25. The van der Waals surface area contributed by atoms with E-state index in [2.05, 4.69) is 0 Å². The van der Waals surface area contributed by atoms with E-state index in [1.54, 1.807) is 31.2 Å². The number of ether oxygens (including phenoxy) is 2. The lowest BCUT2D eigenvalue weighted by atomic mass is 9.94. The summed E-state index contributed by atoms with van der Waals surface area (Å²) in [6.45, 7) is 3.46. The Kier molecular flexibility index (Phi) is 6.14. The Balaban J connectivity index is 1.86. The molecule has 0 radical (unpaired) electrons. The molecule has 0 amide bonds. The van der Waals surface area contributed by atoms with Gasteiger partial charge in [-0.2, -0.15) is 0 Å². The average molecular weight is 378 g/mol. The molecule has 0 aromatic heterocycles. The molecule has 0 N–H and O–H groups in total. The Morgan fingerprint density at radius 1 is 1.15 bits per heavy atom. The molecular weight excluding hydrogens is 352 g/mol. The Bertz CT molecular complexity index is 754. The molecule has 2 aliphatic rings. The van der Waals surface area contributed by atoms with Crippen LogP contribution in [0.25, 0.3) is 5.57 Å². The molecule has 1 saturated heterocycles. The summed E-state index contributed by atoms with van der Waals surface area (Å²) >= 11 is 0. The molecule has 142 valence electrons. The van der Waals surface area contributed by atoms with Gasteiger partial charge in [0.25, 0.3) is 0 Å². The monoisotopic (exact) mass is 378 g/mol. The van der Waals surface area contributed by atoms with Crippen LogP contribution >= 0.6 is 0 Å². The summed E-state index contributed by atoms with van der Waals surface area (Å²) in [4.78, 5) is 12.8. The standard InChI is InChI=1S/C20H26O5S/c1-2-25-20(21)19(14-15-10-12-24-13-11-15)16-6-8-18(9-7-16)26(22,23)17-4-3-5-17/h6-9,14-15,17H,2-5,10-13H2,1H3. The van der Waals surface area contributed by atoms with Gasteiger partial charge >= 0.3 is 5.97 Å². The first-order valence-electron chi connectivity index (χ1n) is 9.33. The summed E-state index contributed by atoms with van der Waals surface area (Å²) in [7, 11) is -3.25. The second-order valence-corrected chi connectivity index (χ2v) is 9.10. The molecule has 1 heterocycles. The van der Waals surface area contributed by atoms with Crippen LogP contribution in [0.5, 0.6) is 0 Å². The maximum atomic E-state index is 12.5. The number of sulfone groups is 1. The largest absolute Gasteiger partial charge is 0.462 e. The highest BCUT2D eigenvalue weighted by molar-refractivity contribution is 7.92. The second kappa shape index (κ2) is 8.35. The summed E-state index contributed by atoms with van der Waals surface area (Å²) in [5, 5.41) is -0.254. The number of carbonyl (C=O) groups excluding carboxylic acids is 1. The topological polar surface area (TPSA) is 69.7 Å². The van der Waals surface area contributed by atoms with E-state index in [1.165, 1.54) is 0 Å². The fourth-order valence-corrected chi connectivity index (χ4v) is 5.16. The van der Waals surface area contributed by atoms with Crippen molar-refractivity contribution in [2.24, 2.45) is 5.92 Å². The van der Waals surface area contributed by atoms with Gasteiger partial charge in [0, 0.05) is 13.2 Å². The van der Waals surface area contributed by atoms with Gasteiger partial charge < -0.3 is 9.47 Å². The third-order valence-electron chi connectivity index (χ3n) is 5.15. The van der Waals surface area contributed by atoms with Crippen LogP contribution in [0.2, 0.25) is 0 Å². The summed E-state index contributed by atoms with van der Waals surface area (Å²) in [6.07, 6.45) is 6.15. The van der Waals surface area contributed by atoms with Crippen molar-refractivity contribution in [2.75, 3.05) is 19.8 Å². The van der Waals surface area contributed by atoms with Crippen molar-refractivity contribution in [3.05, 3.63) is 35.9 Å². The molecule has 1 aromatic carbocycles. The predicted octanol–water partition coefficient (Wildman–Crippen LogP) is 3.39. The third-order valence-corrected chi connectivity index (χ3v) is 7.43. The van der Waals surface area contributed by atoms with Crippen LogP contribution in [0.4, 0.5) is 0 Å². The molecular formula is C20H26O5S. The molecule has 26 heavy (non-hydrogen) atoms. The van der Waals surface area contributed by atoms with E-state index >= 15 is 0 Å². The summed E-state index contributed by atoms with van der Waals surface area (Å²) < 4.78 is 35.6. The van der Waals surface area contributed by atoms with Crippen molar-refractivity contribution >= 4 is 21.4 Å². The zero-order chi connectivity index (χ0) is 18.6. The minimum absolute atomic E-state index is 0.254. The van der Waals surface area contributed by atoms with Crippen molar-refractivity contribution in [2.45, 2.75) is 49.2 Å². The first-order chi connectivity index (χ1) is 12.5. The molecule has 1 aliphatic carbocycles. The molecule has 6 heteroatoms. The summed E-state index contributed by atoms with van der Waals surface area (Å²) in [5.74, 6) is -0.102. The fourth-order valence-electron chi connectivity index (χ4n) is 3.31. The van der Waals surface area contributed by atoms with Gasteiger partial charge in [-0.15, -0.1) is 0 Å². The first kappa shape index (κ1) is 19.1. The summed E-state index contributed by atoms with van der Waals surface area (Å²) in [6, 6.07) is 6.65. The van der Waals surface area contributed by atoms with Crippen molar-refractivity contribution in [3.8, 4) is 0 Å². The smallest absolute Gasteiger partial charge is 0.338 e. The van der Waals surface area contributed by atoms with Gasteiger partial charge in [0.1, 0.15) is 0 Å². The SMILES string of the molecule is CCOC(=O)C(=CC1CCOCC1)c1ccc(S(=O)(=O)C2CCC2)cc1. The van der Waals surface area contributed by atoms with Gasteiger partial charge in [-0.3, -0.25) is 0 Å². The van der Waals surface area contributed by atoms with E-state index in [9.17, 15) is 13.2 Å². The number of benzene rings is 1. The Hall–Kier alpha value is -1.66. The average Bonchev–Trinajstić information content (AvgIpc) is 2.59. The molecule has 0 spiro atoms. The van der Waals surface area contributed by atoms with Crippen LogP contribution in [0.15, 0.2) is 35.2 Å². The fraction of sp³-hybridized carbons (Fsp3) is 0.550. The van der Waals surface area contributed by atoms with Crippen LogP contribution < -0.4 is 0 Å². The van der Waals surface area contributed by atoms with Crippen molar-refractivity contribution in [1.82, 2.24) is 0 Å². The molecule has 3 rings (SSSR count). The highest BCUT2D eigenvalue weighted by atomic mass is 32.2. The van der Waals surface area contributed by atoms with Gasteiger partial charge in [-0.1, -0.05) is 24.6 Å². The van der Waals surface area contributed by atoms with Gasteiger partial charge in [0.2, 0.25) is 0 Å². The predicted molar refractivity (Wildman–Crippen MR) is 99.4 cm³/mol.